The fourth-order valence-electron chi connectivity index (χ4n) is 3.99. The second-order valence-electron chi connectivity index (χ2n) is 8.00. The molecule has 0 spiro atoms. The first kappa shape index (κ1) is 23.5. The minimum absolute atomic E-state index is 0.108. The second kappa shape index (κ2) is 10.1. The average molecular weight is 490 g/mol. The molecule has 1 aromatic heterocycles. The number of ether oxygens (including phenoxy) is 1. The van der Waals surface area contributed by atoms with Gasteiger partial charge in [0, 0.05) is 37.8 Å². The van der Waals surface area contributed by atoms with E-state index in [1.165, 1.54) is 4.57 Å². The van der Waals surface area contributed by atoms with Gasteiger partial charge in [-0.1, -0.05) is 30.2 Å². The van der Waals surface area contributed by atoms with Crippen LogP contribution in [-0.2, 0) is 21.4 Å². The Kier molecular flexibility index (Phi) is 7.16. The summed E-state index contributed by atoms with van der Waals surface area (Å²) in [6, 6.07) is 11.8. The van der Waals surface area contributed by atoms with Gasteiger partial charge >= 0.3 is 4.87 Å². The highest BCUT2D eigenvalue weighted by Gasteiger charge is 2.26. The summed E-state index contributed by atoms with van der Waals surface area (Å²) in [5.74, 6) is 0.411. The van der Waals surface area contributed by atoms with Gasteiger partial charge in [-0.05, 0) is 43.2 Å². The van der Waals surface area contributed by atoms with Crippen LogP contribution in [0.5, 0.6) is 5.75 Å². The number of aromatic nitrogens is 1. The summed E-state index contributed by atoms with van der Waals surface area (Å²) in [5.41, 5.74) is 1.25. The molecule has 176 valence electrons. The summed E-state index contributed by atoms with van der Waals surface area (Å²) in [5, 5.41) is 2.80. The SMILES string of the molecule is COc1cccc(NC(=O)CCn2c(=O)sc3cc(S(=O)(=O)N4CCCCCC4)ccc32)c1. The van der Waals surface area contributed by atoms with Crippen molar-refractivity contribution in [2.75, 3.05) is 25.5 Å². The Hall–Kier alpha value is -2.69. The molecule has 1 amide bonds. The van der Waals surface area contributed by atoms with Crippen molar-refractivity contribution in [1.82, 2.24) is 8.87 Å². The molecule has 1 saturated heterocycles. The molecule has 1 fully saturated rings. The fourth-order valence-corrected chi connectivity index (χ4v) is 6.56. The molecule has 0 aliphatic carbocycles. The summed E-state index contributed by atoms with van der Waals surface area (Å²) < 4.78 is 35.0. The lowest BCUT2D eigenvalue weighted by molar-refractivity contribution is -0.116. The van der Waals surface area contributed by atoms with Crippen LogP contribution < -0.4 is 14.9 Å². The first-order valence-corrected chi connectivity index (χ1v) is 13.2. The summed E-state index contributed by atoms with van der Waals surface area (Å²) in [7, 11) is -2.04. The molecule has 0 radical (unpaired) electrons. The molecule has 0 bridgehead atoms. The molecule has 4 rings (SSSR count). The number of thiazole rings is 1. The van der Waals surface area contributed by atoms with Gasteiger partial charge in [-0.3, -0.25) is 14.2 Å². The van der Waals surface area contributed by atoms with E-state index in [1.807, 2.05) is 0 Å². The molecule has 0 atom stereocenters. The van der Waals surface area contributed by atoms with Gasteiger partial charge in [0.2, 0.25) is 15.9 Å². The van der Waals surface area contributed by atoms with Crippen molar-refractivity contribution in [1.29, 1.82) is 0 Å². The Morgan fingerprint density at radius 2 is 1.85 bits per heavy atom. The van der Waals surface area contributed by atoms with Gasteiger partial charge in [-0.25, -0.2) is 8.42 Å². The molecule has 1 aliphatic rings. The highest BCUT2D eigenvalue weighted by Crippen LogP contribution is 2.26. The zero-order valence-corrected chi connectivity index (χ0v) is 20.1. The summed E-state index contributed by atoms with van der Waals surface area (Å²) in [6.07, 6.45) is 3.92. The molecule has 33 heavy (non-hydrogen) atoms. The number of nitrogens with one attached hydrogen (secondary N) is 1. The molecule has 8 nitrogen and oxygen atoms in total. The number of benzene rings is 2. The quantitative estimate of drug-likeness (QED) is 0.546. The van der Waals surface area contributed by atoms with Crippen LogP contribution in [0.2, 0.25) is 0 Å². The number of fused-ring (bicyclic) bond motifs is 1. The number of rotatable bonds is 7. The third kappa shape index (κ3) is 5.29. The predicted molar refractivity (Wildman–Crippen MR) is 130 cm³/mol. The van der Waals surface area contributed by atoms with Gasteiger partial charge in [0.15, 0.2) is 0 Å². The third-order valence-corrected chi connectivity index (χ3v) is 8.60. The number of carbonyl (C=O) groups is 1. The van der Waals surface area contributed by atoms with Crippen molar-refractivity contribution in [2.45, 2.75) is 43.5 Å². The second-order valence-corrected chi connectivity index (χ2v) is 10.9. The normalized spacial score (nSPS) is 15.3. The third-order valence-electron chi connectivity index (χ3n) is 5.76. The van der Waals surface area contributed by atoms with Gasteiger partial charge < -0.3 is 10.1 Å². The van der Waals surface area contributed by atoms with Crippen LogP contribution in [0.3, 0.4) is 0 Å². The first-order chi connectivity index (χ1) is 15.9. The minimum Gasteiger partial charge on any atom is -0.497 e. The number of nitrogens with zero attached hydrogens (tertiary/aromatic N) is 2. The number of amides is 1. The number of anilines is 1. The molecule has 2 heterocycles. The van der Waals surface area contributed by atoms with E-state index in [2.05, 4.69) is 5.32 Å². The molecule has 0 unspecified atom stereocenters. The van der Waals surface area contributed by atoms with E-state index >= 15 is 0 Å². The van der Waals surface area contributed by atoms with Gasteiger partial charge in [0.25, 0.3) is 0 Å². The number of hydrogen-bond acceptors (Lipinski definition) is 6. The Morgan fingerprint density at radius 1 is 1.09 bits per heavy atom. The Bertz CT molecular complexity index is 1310. The van der Waals surface area contributed by atoms with Crippen LogP contribution in [0.1, 0.15) is 32.1 Å². The number of methoxy groups -OCH3 is 1. The summed E-state index contributed by atoms with van der Waals surface area (Å²) in [6.45, 7) is 1.26. The largest absolute Gasteiger partial charge is 0.497 e. The van der Waals surface area contributed by atoms with Crippen molar-refractivity contribution in [3.63, 3.8) is 0 Å². The summed E-state index contributed by atoms with van der Waals surface area (Å²) >= 11 is 0.997. The summed E-state index contributed by atoms with van der Waals surface area (Å²) in [4.78, 5) is 25.0. The lowest BCUT2D eigenvalue weighted by Crippen LogP contribution is -2.31. The lowest BCUT2D eigenvalue weighted by atomic mass is 10.2. The first-order valence-electron chi connectivity index (χ1n) is 11.0. The average Bonchev–Trinajstić information content (AvgIpc) is 2.96. The van der Waals surface area contributed by atoms with Crippen molar-refractivity contribution in [3.05, 3.63) is 52.1 Å². The van der Waals surface area contributed by atoms with Gasteiger partial charge in [0.1, 0.15) is 5.75 Å². The van der Waals surface area contributed by atoms with E-state index in [9.17, 15) is 18.0 Å². The minimum atomic E-state index is -3.59. The van der Waals surface area contributed by atoms with Crippen LogP contribution >= 0.6 is 11.3 Å². The molecule has 3 aromatic rings. The molecular formula is C23H27N3O5S2. The highest BCUT2D eigenvalue weighted by atomic mass is 32.2. The van der Waals surface area contributed by atoms with Gasteiger partial charge in [-0.15, -0.1) is 0 Å². The van der Waals surface area contributed by atoms with Crippen molar-refractivity contribution < 1.29 is 17.9 Å². The van der Waals surface area contributed by atoms with Crippen LogP contribution in [0.4, 0.5) is 5.69 Å². The smallest absolute Gasteiger partial charge is 0.308 e. The number of sulfonamides is 1. The standard InChI is InChI=1S/C23H27N3O5S2/c1-31-18-8-6-7-17(15-18)24-22(27)11-14-26-20-10-9-19(16-21(20)32-23(26)28)33(29,30)25-12-4-2-3-5-13-25/h6-10,15-16H,2-5,11-14H2,1H3,(H,24,27). The zero-order chi connectivity index (χ0) is 23.4. The Labute approximate surface area is 196 Å². The van der Waals surface area contributed by atoms with Crippen LogP contribution in [-0.4, -0.2) is 43.4 Å². The number of aryl methyl sites for hydroxylation is 1. The molecule has 1 aliphatic heterocycles. The van der Waals surface area contributed by atoms with Gasteiger partial charge in [0.05, 0.1) is 22.2 Å². The zero-order valence-electron chi connectivity index (χ0n) is 18.5. The lowest BCUT2D eigenvalue weighted by Gasteiger charge is -2.19. The van der Waals surface area contributed by atoms with E-state index < -0.39 is 10.0 Å². The maximum absolute atomic E-state index is 13.1. The van der Waals surface area contributed by atoms with Crippen molar-refractivity contribution >= 4 is 43.2 Å². The Morgan fingerprint density at radius 3 is 2.58 bits per heavy atom. The molecule has 0 saturated carbocycles. The highest BCUT2D eigenvalue weighted by molar-refractivity contribution is 7.89. The number of hydrogen-bond donors (Lipinski definition) is 1. The van der Waals surface area contributed by atoms with E-state index in [4.69, 9.17) is 4.74 Å². The maximum atomic E-state index is 13.1. The topological polar surface area (TPSA) is 97.7 Å². The van der Waals surface area contributed by atoms with E-state index in [-0.39, 0.29) is 28.6 Å². The van der Waals surface area contributed by atoms with E-state index in [0.29, 0.717) is 34.7 Å². The van der Waals surface area contributed by atoms with Crippen molar-refractivity contribution in [3.8, 4) is 5.75 Å². The van der Waals surface area contributed by atoms with Gasteiger partial charge in [-0.2, -0.15) is 4.31 Å². The monoisotopic (exact) mass is 489 g/mol. The van der Waals surface area contributed by atoms with E-state index in [1.54, 1.807) is 53.9 Å². The van der Waals surface area contributed by atoms with Crippen LogP contribution in [0.15, 0.2) is 52.2 Å². The van der Waals surface area contributed by atoms with Crippen LogP contribution in [0.25, 0.3) is 10.2 Å². The maximum Gasteiger partial charge on any atom is 0.308 e. The van der Waals surface area contributed by atoms with E-state index in [0.717, 1.165) is 37.0 Å². The van der Waals surface area contributed by atoms with Crippen molar-refractivity contribution in [2.24, 2.45) is 0 Å². The molecule has 2 aromatic carbocycles. The molecular weight excluding hydrogens is 462 g/mol. The number of carbonyl (C=O) groups excluding carboxylic acids is 1. The molecule has 1 N–H and O–H groups in total. The molecule has 10 heteroatoms. The predicted octanol–water partition coefficient (Wildman–Crippen LogP) is 3.67. The Balaban J connectivity index is 1.49. The van der Waals surface area contributed by atoms with Crippen LogP contribution in [0, 0.1) is 0 Å². The fraction of sp³-hybridized carbons (Fsp3) is 0.391.